The van der Waals surface area contributed by atoms with Crippen molar-refractivity contribution in [1.29, 1.82) is 0 Å². The molecule has 10 nitrogen and oxygen atoms in total. The van der Waals surface area contributed by atoms with E-state index in [-0.39, 0.29) is 11.7 Å². The number of aliphatic hydroxyl groups is 3. The molecule has 4 atom stereocenters. The number of aliphatic hydroxyl groups excluding tert-OH is 3. The molecular weight excluding hydrogens is 244 g/mol. The van der Waals surface area contributed by atoms with Crippen LogP contribution in [0.3, 0.4) is 0 Å². The largest absolute Gasteiger partial charge is 0.394 e. The van der Waals surface area contributed by atoms with E-state index < -0.39 is 31.1 Å². The van der Waals surface area contributed by atoms with Gasteiger partial charge in [-0.05, 0) is 0 Å². The Balaban J connectivity index is 2.02. The van der Waals surface area contributed by atoms with Crippen molar-refractivity contribution in [3.63, 3.8) is 0 Å². The van der Waals surface area contributed by atoms with Crippen LogP contribution in [0.5, 0.6) is 0 Å². The molecule has 0 unspecified atom stereocenters. The summed E-state index contributed by atoms with van der Waals surface area (Å²) in [5, 5.41) is 36.3. The predicted molar refractivity (Wildman–Crippen MR) is 56.2 cm³/mol. The van der Waals surface area contributed by atoms with E-state index in [1.165, 1.54) is 15.5 Å². The van der Waals surface area contributed by atoms with E-state index in [1.54, 1.807) is 0 Å². The third-order valence-corrected chi connectivity index (χ3v) is 2.92. The van der Waals surface area contributed by atoms with Gasteiger partial charge in [0.15, 0.2) is 6.23 Å². The number of rotatable bonds is 2. The minimum absolute atomic E-state index is 0.0836. The first-order valence-electron chi connectivity index (χ1n) is 5.29. The zero-order valence-corrected chi connectivity index (χ0v) is 9.16. The first-order valence-corrected chi connectivity index (χ1v) is 5.29. The van der Waals surface area contributed by atoms with Crippen LogP contribution in [0.1, 0.15) is 6.23 Å². The minimum atomic E-state index is -1.23. The fourth-order valence-corrected chi connectivity index (χ4v) is 2.00. The topological polar surface area (TPSA) is 144 Å². The number of nitrogens with zero attached hydrogens (tertiary/aromatic N) is 5. The van der Waals surface area contributed by atoms with Gasteiger partial charge >= 0.3 is 0 Å². The quantitative estimate of drug-likeness (QED) is 0.448. The molecule has 98 valence electrons. The standard InChI is InChI=1S/C8H12N6O4/c9-7-12-13(8-10-2-11-14(7)8)6-5(17)4(16)3(1-15)18-6/h2-6,15-17H,1H2,(H2,9,12)/t3-,4-,5-,6+/m1/s1. The van der Waals surface area contributed by atoms with Gasteiger partial charge in [-0.25, -0.2) is 0 Å². The fourth-order valence-electron chi connectivity index (χ4n) is 2.00. The fraction of sp³-hybridized carbons (Fsp3) is 0.625. The lowest BCUT2D eigenvalue weighted by Gasteiger charge is -2.14. The van der Waals surface area contributed by atoms with Gasteiger partial charge in [-0.1, -0.05) is 0 Å². The predicted octanol–water partition coefficient (Wildman–Crippen LogP) is -2.88. The zero-order chi connectivity index (χ0) is 12.9. The molecule has 0 amide bonds. The molecule has 1 fully saturated rings. The van der Waals surface area contributed by atoms with Gasteiger partial charge in [-0.3, -0.25) is 0 Å². The Labute approximate surface area is 100 Å². The van der Waals surface area contributed by atoms with Crippen LogP contribution in [0.15, 0.2) is 6.33 Å². The smallest absolute Gasteiger partial charge is 0.254 e. The van der Waals surface area contributed by atoms with Crippen molar-refractivity contribution in [2.45, 2.75) is 24.5 Å². The number of nitrogens with two attached hydrogens (primary N) is 1. The SMILES string of the molecule is Nc1nn([C@H]2O[C@H](CO)[C@@H](O)[C@H]2O)c2ncnn12. The normalized spacial score (nSPS) is 32.4. The van der Waals surface area contributed by atoms with Crippen molar-refractivity contribution in [2.75, 3.05) is 12.3 Å². The van der Waals surface area contributed by atoms with Crippen molar-refractivity contribution in [2.24, 2.45) is 0 Å². The van der Waals surface area contributed by atoms with Gasteiger partial charge in [0.1, 0.15) is 24.6 Å². The Morgan fingerprint density at radius 2 is 2.17 bits per heavy atom. The summed E-state index contributed by atoms with van der Waals surface area (Å²) in [6, 6.07) is 0. The van der Waals surface area contributed by atoms with Crippen molar-refractivity contribution in [3.05, 3.63) is 6.33 Å². The van der Waals surface area contributed by atoms with Crippen LogP contribution in [-0.2, 0) is 4.74 Å². The average molecular weight is 256 g/mol. The summed E-state index contributed by atoms with van der Waals surface area (Å²) >= 11 is 0. The Bertz CT molecular complexity index is 567. The van der Waals surface area contributed by atoms with Crippen molar-refractivity contribution in [1.82, 2.24) is 24.4 Å². The molecule has 0 aromatic carbocycles. The van der Waals surface area contributed by atoms with Gasteiger partial charge in [0, 0.05) is 0 Å². The maximum atomic E-state index is 9.87. The number of nitrogen functional groups attached to an aromatic ring is 1. The number of hydrogen-bond acceptors (Lipinski definition) is 8. The summed E-state index contributed by atoms with van der Waals surface area (Å²) in [7, 11) is 0. The second-order valence-electron chi connectivity index (χ2n) is 4.00. The van der Waals surface area contributed by atoms with E-state index >= 15 is 0 Å². The Morgan fingerprint density at radius 3 is 2.83 bits per heavy atom. The van der Waals surface area contributed by atoms with Crippen LogP contribution in [0.2, 0.25) is 0 Å². The summed E-state index contributed by atoms with van der Waals surface area (Å²) in [6.45, 7) is -0.408. The number of ether oxygens (including phenoxy) is 1. The molecule has 1 saturated heterocycles. The highest BCUT2D eigenvalue weighted by Gasteiger charge is 2.44. The summed E-state index contributed by atoms with van der Waals surface area (Å²) < 4.78 is 7.83. The Hall–Kier alpha value is -1.75. The molecule has 2 aromatic rings. The van der Waals surface area contributed by atoms with Crippen molar-refractivity contribution >= 4 is 11.7 Å². The van der Waals surface area contributed by atoms with Gasteiger partial charge in [0.05, 0.1) is 6.61 Å². The average Bonchev–Trinajstić information content (AvgIpc) is 3.00. The second kappa shape index (κ2) is 3.88. The summed E-state index contributed by atoms with van der Waals surface area (Å²) in [5.41, 5.74) is 5.62. The molecule has 2 aromatic heterocycles. The maximum Gasteiger partial charge on any atom is 0.254 e. The molecule has 0 saturated carbocycles. The molecule has 1 aliphatic heterocycles. The summed E-state index contributed by atoms with van der Waals surface area (Å²) in [4.78, 5) is 3.93. The molecule has 0 bridgehead atoms. The highest BCUT2D eigenvalue weighted by Crippen LogP contribution is 2.30. The molecule has 1 aliphatic rings. The number of anilines is 1. The first kappa shape index (κ1) is 11.3. The van der Waals surface area contributed by atoms with Gasteiger partial charge in [-0.2, -0.15) is 19.3 Å². The van der Waals surface area contributed by atoms with Gasteiger partial charge in [0.25, 0.3) is 5.78 Å². The number of fused-ring (bicyclic) bond motifs is 1. The van der Waals surface area contributed by atoms with Crippen LogP contribution in [0.25, 0.3) is 5.78 Å². The van der Waals surface area contributed by atoms with Crippen LogP contribution < -0.4 is 5.73 Å². The highest BCUT2D eigenvalue weighted by molar-refractivity contribution is 5.35. The van der Waals surface area contributed by atoms with Crippen LogP contribution >= 0.6 is 0 Å². The van der Waals surface area contributed by atoms with E-state index in [0.29, 0.717) is 0 Å². The molecule has 0 radical (unpaired) electrons. The van der Waals surface area contributed by atoms with Gasteiger partial charge in [-0.15, -0.1) is 5.10 Å². The molecule has 0 aliphatic carbocycles. The van der Waals surface area contributed by atoms with E-state index in [2.05, 4.69) is 15.2 Å². The Morgan fingerprint density at radius 1 is 1.39 bits per heavy atom. The summed E-state index contributed by atoms with van der Waals surface area (Å²) in [6.07, 6.45) is -3.00. The van der Waals surface area contributed by atoms with Crippen LogP contribution in [-0.4, -0.2) is 64.6 Å². The second-order valence-corrected chi connectivity index (χ2v) is 4.00. The molecular formula is C8H12N6O4. The third kappa shape index (κ3) is 1.40. The lowest BCUT2D eigenvalue weighted by Crippen LogP contribution is -2.33. The van der Waals surface area contributed by atoms with E-state index in [0.717, 1.165) is 0 Å². The summed E-state index contributed by atoms with van der Waals surface area (Å²) in [5.74, 6) is 0.363. The molecule has 0 spiro atoms. The first-order chi connectivity index (χ1) is 8.63. The Kier molecular flexibility index (Phi) is 2.45. The van der Waals surface area contributed by atoms with E-state index in [1.807, 2.05) is 0 Å². The molecule has 3 rings (SSSR count). The van der Waals surface area contributed by atoms with Gasteiger partial charge in [0.2, 0.25) is 5.95 Å². The van der Waals surface area contributed by atoms with E-state index in [4.69, 9.17) is 15.6 Å². The molecule has 18 heavy (non-hydrogen) atoms. The number of aromatic nitrogens is 5. The third-order valence-electron chi connectivity index (χ3n) is 2.92. The molecule has 5 N–H and O–H groups in total. The van der Waals surface area contributed by atoms with Crippen LogP contribution in [0.4, 0.5) is 5.95 Å². The van der Waals surface area contributed by atoms with Crippen molar-refractivity contribution in [3.8, 4) is 0 Å². The van der Waals surface area contributed by atoms with Crippen molar-refractivity contribution < 1.29 is 20.1 Å². The number of hydrogen-bond donors (Lipinski definition) is 4. The van der Waals surface area contributed by atoms with Crippen LogP contribution in [0, 0.1) is 0 Å². The highest BCUT2D eigenvalue weighted by atomic mass is 16.6. The monoisotopic (exact) mass is 256 g/mol. The molecule has 3 heterocycles. The lowest BCUT2D eigenvalue weighted by atomic mass is 10.1. The zero-order valence-electron chi connectivity index (χ0n) is 9.16. The molecule has 10 heteroatoms. The van der Waals surface area contributed by atoms with E-state index in [9.17, 15) is 10.2 Å². The maximum absolute atomic E-state index is 9.87. The van der Waals surface area contributed by atoms with Gasteiger partial charge < -0.3 is 25.8 Å². The lowest BCUT2D eigenvalue weighted by molar-refractivity contribution is -0.0566. The minimum Gasteiger partial charge on any atom is -0.394 e.